The van der Waals surface area contributed by atoms with Crippen LogP contribution in [0.4, 0.5) is 4.39 Å². The monoisotopic (exact) mass is 682 g/mol. The minimum atomic E-state index is -0.959. The molecule has 1 aliphatic rings. The molecule has 4 aromatic rings. The number of aryl methyl sites for hydroxylation is 1. The Morgan fingerprint density at radius 3 is 2.32 bits per heavy atom. The summed E-state index contributed by atoms with van der Waals surface area (Å²) in [6.45, 7) is 15.2. The van der Waals surface area contributed by atoms with Crippen LogP contribution in [0.15, 0.2) is 73.1 Å². The number of nitrogens with one attached hydrogen (secondary N) is 1. The van der Waals surface area contributed by atoms with Gasteiger partial charge in [0.1, 0.15) is 17.1 Å². The Hall–Kier alpha value is -4.67. The van der Waals surface area contributed by atoms with Gasteiger partial charge >= 0.3 is 5.97 Å². The Kier molecular flexibility index (Phi) is 11.0. The van der Waals surface area contributed by atoms with Crippen molar-refractivity contribution in [2.24, 2.45) is 0 Å². The zero-order valence-corrected chi connectivity index (χ0v) is 30.1. The van der Waals surface area contributed by atoms with Crippen LogP contribution in [-0.2, 0) is 25.5 Å². The van der Waals surface area contributed by atoms with Gasteiger partial charge in [-0.2, -0.15) is 0 Å². The normalized spacial score (nSPS) is 17.6. The van der Waals surface area contributed by atoms with Gasteiger partial charge in [-0.1, -0.05) is 48.5 Å². The predicted octanol–water partition coefficient (Wildman–Crippen LogP) is 8.23. The van der Waals surface area contributed by atoms with Crippen molar-refractivity contribution in [1.29, 1.82) is 0 Å². The van der Waals surface area contributed by atoms with Crippen molar-refractivity contribution in [2.75, 3.05) is 0 Å². The highest BCUT2D eigenvalue weighted by atomic mass is 19.1. The highest BCUT2D eigenvalue weighted by Crippen LogP contribution is 2.43. The average Bonchev–Trinajstić information content (AvgIpc) is 3.38. The number of halogens is 1. The molecule has 2 atom stereocenters. The third-order valence-electron chi connectivity index (χ3n) is 8.10. The van der Waals surface area contributed by atoms with Crippen LogP contribution < -0.4 is 5.32 Å². The molecule has 2 aromatic carbocycles. The van der Waals surface area contributed by atoms with Crippen LogP contribution in [0, 0.1) is 12.7 Å². The molecule has 1 amide bonds. The number of benzene rings is 2. The Morgan fingerprint density at radius 2 is 1.70 bits per heavy atom. The maximum absolute atomic E-state index is 14.3. The van der Waals surface area contributed by atoms with Crippen molar-refractivity contribution in [3.63, 3.8) is 0 Å². The summed E-state index contributed by atoms with van der Waals surface area (Å²) >= 11 is 0. The number of rotatable bonds is 10. The molecule has 5 rings (SSSR count). The van der Waals surface area contributed by atoms with Crippen LogP contribution >= 0.6 is 0 Å². The van der Waals surface area contributed by atoms with Crippen molar-refractivity contribution >= 4 is 18.0 Å². The molecule has 2 aromatic heterocycles. The number of amides is 1. The van der Waals surface area contributed by atoms with Crippen LogP contribution in [0.5, 0.6) is 0 Å². The molecule has 1 fully saturated rings. The van der Waals surface area contributed by atoms with E-state index in [0.29, 0.717) is 23.4 Å². The number of hydrogen-bond donors (Lipinski definition) is 1. The molecule has 0 unspecified atom stereocenters. The molecule has 264 valence electrons. The van der Waals surface area contributed by atoms with E-state index >= 15 is 0 Å². The summed E-state index contributed by atoms with van der Waals surface area (Å²) in [5.41, 5.74) is 5.10. The van der Waals surface area contributed by atoms with E-state index in [9.17, 15) is 14.0 Å². The number of carbonyl (C=O) groups is 2. The molecule has 10 heteroatoms. The minimum Gasteiger partial charge on any atom is -0.460 e. The zero-order valence-electron chi connectivity index (χ0n) is 30.1. The molecule has 0 saturated carbocycles. The molecule has 0 bridgehead atoms. The first-order chi connectivity index (χ1) is 23.6. The number of nitrogens with zero attached hydrogens (tertiary/aromatic N) is 3. The van der Waals surface area contributed by atoms with Gasteiger partial charge < -0.3 is 24.1 Å². The van der Waals surface area contributed by atoms with Crippen LogP contribution in [0.1, 0.15) is 94.9 Å². The average molecular weight is 683 g/mol. The van der Waals surface area contributed by atoms with Gasteiger partial charge in [0.2, 0.25) is 0 Å². The number of carbonyl (C=O) groups excluding carboxylic acids is 2. The van der Waals surface area contributed by atoms with Crippen LogP contribution in [-0.4, -0.2) is 50.0 Å². The number of aromatic nitrogens is 3. The lowest BCUT2D eigenvalue weighted by atomic mass is 9.94. The molecule has 9 nitrogen and oxygen atoms in total. The third kappa shape index (κ3) is 9.11. The summed E-state index contributed by atoms with van der Waals surface area (Å²) in [4.78, 5) is 35.8. The van der Waals surface area contributed by atoms with Crippen molar-refractivity contribution in [3.05, 3.63) is 102 Å². The largest absolute Gasteiger partial charge is 0.460 e. The lowest BCUT2D eigenvalue weighted by molar-refractivity contribution is -0.290. The van der Waals surface area contributed by atoms with Gasteiger partial charge in [0.15, 0.2) is 5.79 Å². The van der Waals surface area contributed by atoms with E-state index < -0.39 is 23.6 Å². The molecule has 1 N–H and O–H groups in total. The fourth-order valence-corrected chi connectivity index (χ4v) is 6.25. The topological polar surface area (TPSA) is 105 Å². The van der Waals surface area contributed by atoms with Crippen molar-refractivity contribution in [1.82, 2.24) is 19.9 Å². The lowest BCUT2D eigenvalue weighted by Gasteiger charge is -2.39. The number of ether oxygens (including phenoxy) is 3. The van der Waals surface area contributed by atoms with E-state index in [2.05, 4.69) is 15.3 Å². The fourth-order valence-electron chi connectivity index (χ4n) is 6.25. The standard InChI is InChI=1S/C40H47FN4O5/c1-25(2)45-33(19-18-31-20-32(49-40(7,8)48-31)21-34(46)50-39(4,5)6)35(28-14-16-29(41)17-15-28)36(27-12-10-9-11-13-27)37(45)38(47)44-24-30-23-42-26(3)22-43-30/h9-19,22-23,25,31-32H,20-21,24H2,1-8H3,(H,44,47)/t31-,32-/m1/s1. The molecular formula is C40H47FN4O5. The molecule has 50 heavy (non-hydrogen) atoms. The summed E-state index contributed by atoms with van der Waals surface area (Å²) < 4.78 is 34.3. The maximum atomic E-state index is 14.3. The second-order valence-corrected chi connectivity index (χ2v) is 14.3. The first-order valence-corrected chi connectivity index (χ1v) is 17.0. The Labute approximate surface area is 293 Å². The summed E-state index contributed by atoms with van der Waals surface area (Å²) in [5.74, 6) is -1.95. The summed E-state index contributed by atoms with van der Waals surface area (Å²) in [5, 5.41) is 3.07. The van der Waals surface area contributed by atoms with Gasteiger partial charge in [-0.05, 0) is 84.7 Å². The van der Waals surface area contributed by atoms with E-state index in [-0.39, 0.29) is 36.7 Å². The molecule has 0 aliphatic carbocycles. The Bertz CT molecular complexity index is 1820. The lowest BCUT2D eigenvalue weighted by Crippen LogP contribution is -2.45. The molecule has 1 aliphatic heterocycles. The van der Waals surface area contributed by atoms with Gasteiger partial charge in [0, 0.05) is 35.5 Å². The molecular weight excluding hydrogens is 635 g/mol. The SMILES string of the molecule is Cc1cnc(CNC(=O)c2c(-c3ccccc3)c(-c3ccc(F)cc3)c(C=C[C@@H]3C[C@H](CC(=O)OC(C)(C)C)OC(C)(C)O3)n2C(C)C)cn1. The van der Waals surface area contributed by atoms with Crippen LogP contribution in [0.25, 0.3) is 28.3 Å². The molecule has 0 radical (unpaired) electrons. The molecule has 0 spiro atoms. The third-order valence-corrected chi connectivity index (χ3v) is 8.10. The highest BCUT2D eigenvalue weighted by Gasteiger charge is 2.37. The van der Waals surface area contributed by atoms with Crippen LogP contribution in [0.3, 0.4) is 0 Å². The maximum Gasteiger partial charge on any atom is 0.308 e. The van der Waals surface area contributed by atoms with E-state index in [1.165, 1.54) is 12.1 Å². The fraction of sp³-hybridized carbons (Fsp3) is 0.400. The first kappa shape index (κ1) is 36.6. The zero-order chi connectivity index (χ0) is 36.2. The summed E-state index contributed by atoms with van der Waals surface area (Å²) in [6, 6.07) is 15.9. The van der Waals surface area contributed by atoms with E-state index in [4.69, 9.17) is 14.2 Å². The number of esters is 1. The van der Waals surface area contributed by atoms with Crippen molar-refractivity contribution in [2.45, 2.75) is 104 Å². The smallest absolute Gasteiger partial charge is 0.308 e. The van der Waals surface area contributed by atoms with E-state index in [0.717, 1.165) is 28.1 Å². The second-order valence-electron chi connectivity index (χ2n) is 14.3. The second kappa shape index (κ2) is 15.1. The van der Waals surface area contributed by atoms with Crippen molar-refractivity contribution < 1.29 is 28.2 Å². The number of hydrogen-bond acceptors (Lipinski definition) is 7. The predicted molar refractivity (Wildman–Crippen MR) is 192 cm³/mol. The molecule has 3 heterocycles. The van der Waals surface area contributed by atoms with Gasteiger partial charge in [0.25, 0.3) is 5.91 Å². The molecule has 1 saturated heterocycles. The highest BCUT2D eigenvalue weighted by molar-refractivity contribution is 6.06. The quantitative estimate of drug-likeness (QED) is 0.168. The first-order valence-electron chi connectivity index (χ1n) is 17.0. The van der Waals surface area contributed by atoms with E-state index in [1.807, 2.05) is 102 Å². The van der Waals surface area contributed by atoms with Gasteiger partial charge in [0.05, 0.1) is 42.8 Å². The van der Waals surface area contributed by atoms with Gasteiger partial charge in [-0.3, -0.25) is 19.6 Å². The van der Waals surface area contributed by atoms with Gasteiger partial charge in [-0.15, -0.1) is 0 Å². The Balaban J connectivity index is 1.62. The van der Waals surface area contributed by atoms with E-state index in [1.54, 1.807) is 24.5 Å². The Morgan fingerprint density at radius 1 is 1.02 bits per heavy atom. The minimum absolute atomic E-state index is 0.0887. The van der Waals surface area contributed by atoms with Crippen LogP contribution in [0.2, 0.25) is 0 Å². The van der Waals surface area contributed by atoms with Crippen molar-refractivity contribution in [3.8, 4) is 22.3 Å². The summed E-state index contributed by atoms with van der Waals surface area (Å²) in [6.07, 6.45) is 6.90. The van der Waals surface area contributed by atoms with Gasteiger partial charge in [-0.25, -0.2) is 4.39 Å². The summed E-state index contributed by atoms with van der Waals surface area (Å²) in [7, 11) is 0.